The molecule has 0 N–H and O–H groups in total. The maximum absolute atomic E-state index is 14.1. The molecule has 0 saturated carbocycles. The Morgan fingerprint density at radius 2 is 0.843 bits per heavy atom. The van der Waals surface area contributed by atoms with Crippen LogP contribution in [0.5, 0.6) is 0 Å². The summed E-state index contributed by atoms with van der Waals surface area (Å²) in [7, 11) is 2.66. The largest absolute Gasteiger partial charge is 0.460 e. The number of ether oxygens (including phenoxy) is 8. The molecule has 0 radical (unpaired) electrons. The lowest BCUT2D eigenvalue weighted by Crippen LogP contribution is -2.54. The monoisotopic (exact) mass is 749 g/mol. The van der Waals surface area contributed by atoms with Crippen molar-refractivity contribution in [1.82, 2.24) is 0 Å². The van der Waals surface area contributed by atoms with Crippen LogP contribution in [0, 0.1) is 23.7 Å². The highest BCUT2D eigenvalue weighted by molar-refractivity contribution is 6.74. The average Bonchev–Trinajstić information content (AvgIpc) is 3.06. The number of unbranched alkanes of at least 4 members (excludes halogenated alkanes) is 3. The Morgan fingerprint density at radius 3 is 1.20 bits per heavy atom. The Hall–Kier alpha value is -1.12. The van der Waals surface area contributed by atoms with Gasteiger partial charge in [0.2, 0.25) is 0 Å². The SMILES string of the molecule is COCCCCOC1[C@@H](C)[C@H](OCCCCOC)[C@@H](C)C(=O)O[C@H](C)C(O[Si](C)(C)C(C)(C)C)[C@@H](C)[C@H](OCCCCOC)[C@@H](C)C(=O)O[C@@H]1C. The lowest BCUT2D eigenvalue weighted by atomic mass is 9.85. The second kappa shape index (κ2) is 24.3. The summed E-state index contributed by atoms with van der Waals surface area (Å²) in [5.74, 6) is -2.64. The van der Waals surface area contributed by atoms with Gasteiger partial charge in [0, 0.05) is 72.8 Å². The van der Waals surface area contributed by atoms with Gasteiger partial charge in [0.1, 0.15) is 12.2 Å². The average molecular weight is 749 g/mol. The molecule has 2 unspecified atom stereocenters. The summed E-state index contributed by atoms with van der Waals surface area (Å²) in [6, 6.07) is 0. The fraction of sp³-hybridized carbons (Fsp3) is 0.949. The molecule has 1 aliphatic rings. The zero-order chi connectivity index (χ0) is 38.8. The van der Waals surface area contributed by atoms with Crippen LogP contribution in [-0.2, 0) is 51.9 Å². The van der Waals surface area contributed by atoms with Gasteiger partial charge in [-0.3, -0.25) is 9.59 Å². The Bertz CT molecular complexity index is 958. The number of methoxy groups -OCH3 is 3. The van der Waals surface area contributed by atoms with Crippen molar-refractivity contribution in [3.63, 3.8) is 0 Å². The molecule has 1 rings (SSSR count). The molecule has 1 aliphatic heterocycles. The van der Waals surface area contributed by atoms with Crippen LogP contribution >= 0.6 is 0 Å². The van der Waals surface area contributed by atoms with Crippen molar-refractivity contribution in [2.75, 3.05) is 61.0 Å². The molecule has 1 saturated heterocycles. The molecule has 51 heavy (non-hydrogen) atoms. The quantitative estimate of drug-likeness (QED) is 0.0713. The zero-order valence-electron chi connectivity index (χ0n) is 34.7. The van der Waals surface area contributed by atoms with Gasteiger partial charge in [-0.2, -0.15) is 0 Å². The van der Waals surface area contributed by atoms with E-state index in [0.29, 0.717) is 39.6 Å². The molecule has 0 aromatic rings. The molecule has 0 aromatic heterocycles. The number of hydrogen-bond acceptors (Lipinski definition) is 11. The minimum atomic E-state index is -2.37. The van der Waals surface area contributed by atoms with E-state index >= 15 is 0 Å². The molecule has 0 spiro atoms. The van der Waals surface area contributed by atoms with E-state index in [9.17, 15) is 9.59 Å². The predicted octanol–water partition coefficient (Wildman–Crippen LogP) is 7.23. The van der Waals surface area contributed by atoms with Gasteiger partial charge in [-0.05, 0) is 84.4 Å². The summed E-state index contributed by atoms with van der Waals surface area (Å²) in [5, 5.41) is -0.102. The van der Waals surface area contributed by atoms with Crippen LogP contribution in [0.4, 0.5) is 0 Å². The predicted molar refractivity (Wildman–Crippen MR) is 202 cm³/mol. The lowest BCUT2D eigenvalue weighted by molar-refractivity contribution is -0.187. The summed E-state index contributed by atoms with van der Waals surface area (Å²) >= 11 is 0. The molecule has 12 heteroatoms. The van der Waals surface area contributed by atoms with Gasteiger partial charge in [-0.15, -0.1) is 0 Å². The number of rotatable bonds is 20. The Balaban J connectivity index is 3.68. The molecule has 1 fully saturated rings. The van der Waals surface area contributed by atoms with Gasteiger partial charge in [0.05, 0.1) is 36.3 Å². The number of esters is 2. The molecule has 0 amide bonds. The Morgan fingerprint density at radius 1 is 0.529 bits per heavy atom. The first kappa shape index (κ1) is 47.9. The van der Waals surface area contributed by atoms with Gasteiger partial charge in [0.25, 0.3) is 0 Å². The first-order valence-electron chi connectivity index (χ1n) is 19.3. The number of hydrogen-bond donors (Lipinski definition) is 0. The molecule has 0 aliphatic carbocycles. The summed E-state index contributed by atoms with van der Waals surface area (Å²) < 4.78 is 54.9. The van der Waals surface area contributed by atoms with Gasteiger partial charge in [-0.25, -0.2) is 0 Å². The van der Waals surface area contributed by atoms with E-state index in [4.69, 9.17) is 42.3 Å². The van der Waals surface area contributed by atoms with E-state index in [1.54, 1.807) is 21.3 Å². The summed E-state index contributed by atoms with van der Waals surface area (Å²) in [6.07, 6.45) is 1.38. The smallest absolute Gasteiger partial charge is 0.311 e. The third-order valence-corrected chi connectivity index (χ3v) is 15.2. The third-order valence-electron chi connectivity index (χ3n) is 10.7. The van der Waals surface area contributed by atoms with Crippen molar-refractivity contribution in [3.05, 3.63) is 0 Å². The molecule has 1 heterocycles. The summed E-state index contributed by atoms with van der Waals surface area (Å²) in [4.78, 5) is 28.2. The lowest BCUT2D eigenvalue weighted by Gasteiger charge is -2.45. The fourth-order valence-corrected chi connectivity index (χ4v) is 7.87. The highest BCUT2D eigenvalue weighted by Crippen LogP contribution is 2.40. The number of carbonyl (C=O) groups excluding carboxylic acids is 2. The van der Waals surface area contributed by atoms with Crippen molar-refractivity contribution in [1.29, 1.82) is 0 Å². The van der Waals surface area contributed by atoms with E-state index < -0.39 is 56.8 Å². The van der Waals surface area contributed by atoms with Gasteiger partial charge in [0.15, 0.2) is 8.32 Å². The Kier molecular flexibility index (Phi) is 22.8. The molecule has 0 bridgehead atoms. The zero-order valence-corrected chi connectivity index (χ0v) is 35.7. The summed E-state index contributed by atoms with van der Waals surface area (Å²) in [6.45, 7) is 25.6. The molecular formula is C39H76O11Si. The topological polar surface area (TPSA) is 117 Å². The maximum atomic E-state index is 14.1. The van der Waals surface area contributed by atoms with Crippen LogP contribution in [0.25, 0.3) is 0 Å². The van der Waals surface area contributed by atoms with Gasteiger partial charge in [-0.1, -0.05) is 34.6 Å². The normalized spacial score (nSPS) is 30.5. The standard InChI is InChI=1S/C39H76O11Si/c1-27-33(45-24-18-15-21-42-10)29(3)38(41)49-32(6)36(50-51(13,14)39(7,8)9)28(2)34(46-25-19-16-22-43-11)30(4)37(40)48-31(5)35(27)47-26-20-17-23-44-12/h27-36H,15-26H2,1-14H3/t27-,28-,29+,30+,31+,32+,33-,34-,35?,36?/m0/s1. The van der Waals surface area contributed by atoms with Crippen molar-refractivity contribution in [2.45, 2.75) is 156 Å². The minimum Gasteiger partial charge on any atom is -0.460 e. The second-order valence-electron chi connectivity index (χ2n) is 16.0. The summed E-state index contributed by atoms with van der Waals surface area (Å²) in [5.41, 5.74) is 0. The van der Waals surface area contributed by atoms with E-state index in [0.717, 1.165) is 38.5 Å². The maximum Gasteiger partial charge on any atom is 0.311 e. The van der Waals surface area contributed by atoms with Crippen LogP contribution < -0.4 is 0 Å². The molecule has 0 aromatic carbocycles. The molecular weight excluding hydrogens is 673 g/mol. The van der Waals surface area contributed by atoms with Gasteiger partial charge < -0.3 is 42.3 Å². The van der Waals surface area contributed by atoms with Crippen LogP contribution in [0.2, 0.25) is 18.1 Å². The van der Waals surface area contributed by atoms with Gasteiger partial charge >= 0.3 is 11.9 Å². The molecule has 10 atom stereocenters. The fourth-order valence-electron chi connectivity index (χ4n) is 6.43. The second-order valence-corrected chi connectivity index (χ2v) is 20.8. The van der Waals surface area contributed by atoms with E-state index in [1.165, 1.54) is 0 Å². The van der Waals surface area contributed by atoms with Crippen molar-refractivity contribution in [3.8, 4) is 0 Å². The first-order chi connectivity index (χ1) is 23.9. The van der Waals surface area contributed by atoms with Crippen molar-refractivity contribution in [2.24, 2.45) is 23.7 Å². The Labute approximate surface area is 311 Å². The van der Waals surface area contributed by atoms with Crippen LogP contribution in [0.3, 0.4) is 0 Å². The van der Waals surface area contributed by atoms with E-state index in [1.807, 2.05) is 41.5 Å². The minimum absolute atomic E-state index is 0.102. The molecule has 11 nitrogen and oxygen atoms in total. The van der Waals surface area contributed by atoms with E-state index in [2.05, 4.69) is 33.9 Å². The third kappa shape index (κ3) is 16.0. The van der Waals surface area contributed by atoms with Crippen molar-refractivity contribution < 1.29 is 51.9 Å². The highest BCUT2D eigenvalue weighted by Gasteiger charge is 2.47. The van der Waals surface area contributed by atoms with Crippen molar-refractivity contribution >= 4 is 20.3 Å². The van der Waals surface area contributed by atoms with E-state index in [-0.39, 0.29) is 28.8 Å². The van der Waals surface area contributed by atoms with Crippen LogP contribution in [0.1, 0.15) is 101 Å². The number of carbonyl (C=O) groups is 2. The number of cyclic esters (lactones) is 2. The van der Waals surface area contributed by atoms with Crippen LogP contribution in [0.15, 0.2) is 0 Å². The molecule has 302 valence electrons. The highest BCUT2D eigenvalue weighted by atomic mass is 28.4. The van der Waals surface area contributed by atoms with Crippen LogP contribution in [-0.4, -0.2) is 118 Å². The first-order valence-corrected chi connectivity index (χ1v) is 22.3.